The normalized spacial score (nSPS) is 14.3. The molecule has 0 N–H and O–H groups in total. The smallest absolute Gasteiger partial charge is 0.258 e. The number of non-ortho nitro benzene ring substituents is 1. The summed E-state index contributed by atoms with van der Waals surface area (Å²) >= 11 is 1.42. The van der Waals surface area contributed by atoms with E-state index in [0.29, 0.717) is 21.8 Å². The molecule has 116 valence electrons. The Morgan fingerprint density at radius 3 is 2.78 bits per heavy atom. The predicted octanol–water partition coefficient (Wildman–Crippen LogP) is 4.96. The second-order valence-corrected chi connectivity index (χ2v) is 6.35. The zero-order valence-electron chi connectivity index (χ0n) is 12.5. The van der Waals surface area contributed by atoms with E-state index in [1.165, 1.54) is 35.5 Å². The molecule has 0 bridgehead atoms. The maximum Gasteiger partial charge on any atom is 0.270 e. The van der Waals surface area contributed by atoms with Crippen LogP contribution in [0.3, 0.4) is 0 Å². The largest absolute Gasteiger partial charge is 0.270 e. The summed E-state index contributed by atoms with van der Waals surface area (Å²) in [6.07, 6.45) is 5.41. The quantitative estimate of drug-likeness (QED) is 0.454. The van der Waals surface area contributed by atoms with Crippen molar-refractivity contribution in [2.75, 3.05) is 0 Å². The molecule has 3 rings (SSSR count). The van der Waals surface area contributed by atoms with Gasteiger partial charge in [0.15, 0.2) is 0 Å². The third kappa shape index (κ3) is 3.30. The molecule has 1 aromatic carbocycles. The van der Waals surface area contributed by atoms with Crippen molar-refractivity contribution < 1.29 is 4.92 Å². The molecule has 0 saturated heterocycles. The van der Waals surface area contributed by atoms with E-state index in [9.17, 15) is 15.4 Å². The number of nitriles is 1. The van der Waals surface area contributed by atoms with Crippen molar-refractivity contribution in [2.45, 2.75) is 32.1 Å². The van der Waals surface area contributed by atoms with Crippen LogP contribution >= 0.6 is 11.3 Å². The lowest BCUT2D eigenvalue weighted by molar-refractivity contribution is -0.384. The highest BCUT2D eigenvalue weighted by atomic mass is 32.1. The Hall–Kier alpha value is -2.52. The molecule has 23 heavy (non-hydrogen) atoms. The first-order valence-corrected chi connectivity index (χ1v) is 8.40. The van der Waals surface area contributed by atoms with Crippen LogP contribution < -0.4 is 0 Å². The third-order valence-electron chi connectivity index (χ3n) is 3.99. The first-order valence-electron chi connectivity index (χ1n) is 7.52. The molecule has 2 aromatic rings. The molecule has 0 atom stereocenters. The molecular weight excluding hydrogens is 310 g/mol. The fraction of sp³-hybridized carbons (Fsp3) is 0.294. The van der Waals surface area contributed by atoms with E-state index in [0.717, 1.165) is 25.7 Å². The number of hydrogen-bond donors (Lipinski definition) is 0. The van der Waals surface area contributed by atoms with Gasteiger partial charge in [0.2, 0.25) is 0 Å². The fourth-order valence-electron chi connectivity index (χ4n) is 2.81. The number of nitro groups is 1. The van der Waals surface area contributed by atoms with Gasteiger partial charge in [-0.25, -0.2) is 4.98 Å². The van der Waals surface area contributed by atoms with Crippen LogP contribution in [0.25, 0.3) is 16.8 Å². The molecule has 0 radical (unpaired) electrons. The van der Waals surface area contributed by atoms with E-state index in [1.807, 2.05) is 5.38 Å². The average molecular weight is 325 g/mol. The van der Waals surface area contributed by atoms with Crippen molar-refractivity contribution in [1.29, 1.82) is 5.26 Å². The highest BCUT2D eigenvalue weighted by Crippen LogP contribution is 2.33. The number of rotatable bonds is 3. The summed E-state index contributed by atoms with van der Waals surface area (Å²) in [5, 5.41) is 23.0. The van der Waals surface area contributed by atoms with Gasteiger partial charge in [0.25, 0.3) is 5.69 Å². The number of hydrogen-bond acceptors (Lipinski definition) is 5. The van der Waals surface area contributed by atoms with E-state index >= 15 is 0 Å². The molecule has 1 fully saturated rings. The van der Waals surface area contributed by atoms with Crippen molar-refractivity contribution in [2.24, 2.45) is 0 Å². The Kier molecular flexibility index (Phi) is 4.49. The molecule has 6 heteroatoms. The van der Waals surface area contributed by atoms with Gasteiger partial charge in [0.05, 0.1) is 16.2 Å². The molecule has 0 amide bonds. The second-order valence-electron chi connectivity index (χ2n) is 5.50. The van der Waals surface area contributed by atoms with Crippen LogP contribution in [-0.4, -0.2) is 9.91 Å². The van der Waals surface area contributed by atoms with Crippen LogP contribution in [0.5, 0.6) is 0 Å². The Bertz CT molecular complexity index is 809. The lowest BCUT2D eigenvalue weighted by Crippen LogP contribution is -1.97. The lowest BCUT2D eigenvalue weighted by atomic mass is 9.91. The van der Waals surface area contributed by atoms with Crippen molar-refractivity contribution in [1.82, 2.24) is 4.98 Å². The monoisotopic (exact) mass is 325 g/mol. The summed E-state index contributed by atoms with van der Waals surface area (Å²) in [5.74, 6) is 0. The summed E-state index contributed by atoms with van der Waals surface area (Å²) in [5.41, 5.74) is 3.30. The highest BCUT2D eigenvalue weighted by Gasteiger charge is 2.17. The summed E-state index contributed by atoms with van der Waals surface area (Å²) in [6, 6.07) is 8.72. The number of thiazole rings is 1. The van der Waals surface area contributed by atoms with Crippen molar-refractivity contribution in [3.8, 4) is 17.3 Å². The van der Waals surface area contributed by atoms with Gasteiger partial charge in [-0.1, -0.05) is 18.6 Å². The molecule has 1 aliphatic rings. The Balaban J connectivity index is 1.95. The minimum Gasteiger partial charge on any atom is -0.258 e. The van der Waals surface area contributed by atoms with Gasteiger partial charge in [-0.05, 0) is 31.3 Å². The number of benzene rings is 1. The first-order chi connectivity index (χ1) is 11.2. The second kappa shape index (κ2) is 6.71. The summed E-state index contributed by atoms with van der Waals surface area (Å²) < 4.78 is 0. The molecule has 1 aliphatic carbocycles. The summed E-state index contributed by atoms with van der Waals surface area (Å²) in [4.78, 5) is 15.0. The molecular formula is C17H15N3O2S. The standard InChI is InChI=1S/C17H15N3O2S/c18-10-15(12-5-2-1-3-6-12)17-19-16(11-23-17)13-7-4-8-14(9-13)20(21)22/h4,7-9,11H,1-3,5-6H2. The maximum atomic E-state index is 10.9. The van der Waals surface area contributed by atoms with Crippen LogP contribution in [0.4, 0.5) is 5.69 Å². The van der Waals surface area contributed by atoms with Crippen LogP contribution in [0, 0.1) is 21.4 Å². The van der Waals surface area contributed by atoms with Crippen molar-refractivity contribution in [3.05, 3.63) is 50.3 Å². The zero-order valence-corrected chi connectivity index (χ0v) is 13.3. The first kappa shape index (κ1) is 15.4. The predicted molar refractivity (Wildman–Crippen MR) is 89.8 cm³/mol. The minimum absolute atomic E-state index is 0.0446. The topological polar surface area (TPSA) is 79.8 Å². The van der Waals surface area contributed by atoms with Gasteiger partial charge in [-0.15, -0.1) is 11.3 Å². The van der Waals surface area contributed by atoms with Gasteiger partial charge in [0.1, 0.15) is 11.1 Å². The van der Waals surface area contributed by atoms with Gasteiger partial charge in [-0.2, -0.15) is 5.26 Å². The molecule has 1 heterocycles. The fourth-order valence-corrected chi connectivity index (χ4v) is 3.68. The molecule has 5 nitrogen and oxygen atoms in total. The average Bonchev–Trinajstić information content (AvgIpc) is 3.06. The minimum atomic E-state index is -0.415. The number of aromatic nitrogens is 1. The van der Waals surface area contributed by atoms with Crippen LogP contribution in [0.1, 0.15) is 37.1 Å². The van der Waals surface area contributed by atoms with Crippen LogP contribution in [0.2, 0.25) is 0 Å². The summed E-state index contributed by atoms with van der Waals surface area (Å²) in [6.45, 7) is 0. The van der Waals surface area contributed by atoms with Crippen molar-refractivity contribution >= 4 is 22.6 Å². The highest BCUT2D eigenvalue weighted by molar-refractivity contribution is 7.11. The molecule has 1 aromatic heterocycles. The van der Waals surface area contributed by atoms with Gasteiger partial charge < -0.3 is 0 Å². The van der Waals surface area contributed by atoms with E-state index in [-0.39, 0.29) is 5.69 Å². The molecule has 0 unspecified atom stereocenters. The van der Waals surface area contributed by atoms with Gasteiger partial charge in [0, 0.05) is 23.1 Å². The summed E-state index contributed by atoms with van der Waals surface area (Å²) in [7, 11) is 0. The Morgan fingerprint density at radius 1 is 1.30 bits per heavy atom. The van der Waals surface area contributed by atoms with Crippen LogP contribution in [0.15, 0.2) is 35.2 Å². The molecule has 0 aliphatic heterocycles. The van der Waals surface area contributed by atoms with E-state index in [2.05, 4.69) is 11.1 Å². The maximum absolute atomic E-state index is 10.9. The SMILES string of the molecule is N#CC(=C1CCCCC1)c1nc(-c2cccc([N+](=O)[O-])c2)cs1. The van der Waals surface area contributed by atoms with Gasteiger partial charge >= 0.3 is 0 Å². The lowest BCUT2D eigenvalue weighted by Gasteiger charge is -2.14. The number of nitrogens with zero attached hydrogens (tertiary/aromatic N) is 3. The third-order valence-corrected chi connectivity index (χ3v) is 4.85. The molecule has 0 spiro atoms. The van der Waals surface area contributed by atoms with E-state index in [1.54, 1.807) is 12.1 Å². The Morgan fingerprint density at radius 2 is 2.09 bits per heavy atom. The van der Waals surface area contributed by atoms with E-state index < -0.39 is 4.92 Å². The number of nitro benzene ring substituents is 1. The number of allylic oxidation sites excluding steroid dienone is 2. The van der Waals surface area contributed by atoms with Gasteiger partial charge in [-0.3, -0.25) is 10.1 Å². The van der Waals surface area contributed by atoms with Crippen LogP contribution in [-0.2, 0) is 0 Å². The zero-order chi connectivity index (χ0) is 16.2. The van der Waals surface area contributed by atoms with Crippen molar-refractivity contribution in [3.63, 3.8) is 0 Å². The van der Waals surface area contributed by atoms with E-state index in [4.69, 9.17) is 0 Å². The Labute approximate surface area is 138 Å². The molecule has 1 saturated carbocycles.